The number of benzene rings is 2. The maximum absolute atomic E-state index is 13.5. The predicted molar refractivity (Wildman–Crippen MR) is 101 cm³/mol. The minimum absolute atomic E-state index is 0.0595. The van der Waals surface area contributed by atoms with Crippen LogP contribution in [0.1, 0.15) is 5.56 Å². The fourth-order valence-electron chi connectivity index (χ4n) is 2.89. The third kappa shape index (κ3) is 4.67. The molecule has 26 heavy (non-hydrogen) atoms. The molecule has 4 nitrogen and oxygen atoms in total. The van der Waals surface area contributed by atoms with E-state index in [4.69, 9.17) is 27.9 Å². The Balaban J connectivity index is 1.47. The van der Waals surface area contributed by atoms with E-state index in [1.165, 1.54) is 6.07 Å². The Labute approximate surface area is 162 Å². The van der Waals surface area contributed by atoms with Gasteiger partial charge in [0.1, 0.15) is 12.4 Å². The van der Waals surface area contributed by atoms with E-state index in [0.29, 0.717) is 41.8 Å². The SMILES string of the molecule is O=C(COCc1ccccc1F)N1CCN(c2ccc(Cl)cc2Cl)CC1. The van der Waals surface area contributed by atoms with Crippen molar-refractivity contribution in [1.82, 2.24) is 4.90 Å². The van der Waals surface area contributed by atoms with Crippen LogP contribution in [0, 0.1) is 5.82 Å². The van der Waals surface area contributed by atoms with Gasteiger partial charge in [0, 0.05) is 36.8 Å². The van der Waals surface area contributed by atoms with Gasteiger partial charge in [-0.25, -0.2) is 4.39 Å². The fraction of sp³-hybridized carbons (Fsp3) is 0.316. The van der Waals surface area contributed by atoms with E-state index < -0.39 is 0 Å². The number of rotatable bonds is 5. The van der Waals surface area contributed by atoms with Gasteiger partial charge in [0.05, 0.1) is 17.3 Å². The summed E-state index contributed by atoms with van der Waals surface area (Å²) in [4.78, 5) is 16.2. The number of anilines is 1. The quantitative estimate of drug-likeness (QED) is 0.765. The summed E-state index contributed by atoms with van der Waals surface area (Å²) >= 11 is 12.2. The lowest BCUT2D eigenvalue weighted by Gasteiger charge is -2.36. The summed E-state index contributed by atoms with van der Waals surface area (Å²) in [5, 5.41) is 1.20. The molecule has 3 rings (SSSR count). The molecule has 1 heterocycles. The molecule has 0 bridgehead atoms. The number of carbonyl (C=O) groups excluding carboxylic acids is 1. The first kappa shape index (κ1) is 19.0. The number of halogens is 3. The second kappa shape index (κ2) is 8.71. The van der Waals surface area contributed by atoms with Crippen LogP contribution in [0.15, 0.2) is 42.5 Å². The number of amides is 1. The molecule has 2 aromatic rings. The second-order valence-electron chi connectivity index (χ2n) is 6.05. The minimum Gasteiger partial charge on any atom is -0.367 e. The van der Waals surface area contributed by atoms with Crippen LogP contribution in [0.2, 0.25) is 10.0 Å². The maximum Gasteiger partial charge on any atom is 0.248 e. The highest BCUT2D eigenvalue weighted by molar-refractivity contribution is 6.36. The third-order valence-electron chi connectivity index (χ3n) is 4.32. The number of ether oxygens (including phenoxy) is 1. The van der Waals surface area contributed by atoms with Gasteiger partial charge in [-0.1, -0.05) is 41.4 Å². The summed E-state index contributed by atoms with van der Waals surface area (Å²) < 4.78 is 18.9. The molecule has 0 radical (unpaired) electrons. The minimum atomic E-state index is -0.326. The van der Waals surface area contributed by atoms with Crippen molar-refractivity contribution in [2.75, 3.05) is 37.7 Å². The molecule has 1 saturated heterocycles. The first-order valence-corrected chi connectivity index (χ1v) is 9.09. The first-order chi connectivity index (χ1) is 12.5. The third-order valence-corrected chi connectivity index (χ3v) is 4.86. The van der Waals surface area contributed by atoms with Crippen molar-refractivity contribution in [3.8, 4) is 0 Å². The zero-order chi connectivity index (χ0) is 18.5. The lowest BCUT2D eigenvalue weighted by Crippen LogP contribution is -2.49. The summed E-state index contributed by atoms with van der Waals surface area (Å²) in [5.74, 6) is -0.420. The van der Waals surface area contributed by atoms with Crippen molar-refractivity contribution in [3.63, 3.8) is 0 Å². The Morgan fingerprint density at radius 2 is 1.81 bits per heavy atom. The predicted octanol–water partition coefficient (Wildman–Crippen LogP) is 4.00. The number of nitrogens with zero attached hydrogens (tertiary/aromatic N) is 2. The standard InChI is InChI=1S/C19H19Cl2FN2O2/c20-15-5-6-18(16(21)11-15)23-7-9-24(10-8-23)19(25)13-26-12-14-3-1-2-4-17(14)22/h1-6,11H,7-10,12-13H2. The van der Waals surface area contributed by atoms with E-state index in [1.807, 2.05) is 6.07 Å². The van der Waals surface area contributed by atoms with Crippen molar-refractivity contribution in [3.05, 3.63) is 63.9 Å². The first-order valence-electron chi connectivity index (χ1n) is 8.33. The monoisotopic (exact) mass is 396 g/mol. The molecule has 1 aliphatic heterocycles. The van der Waals surface area contributed by atoms with E-state index in [0.717, 1.165) is 5.69 Å². The Hall–Kier alpha value is -1.82. The van der Waals surface area contributed by atoms with Crippen LogP contribution in [-0.4, -0.2) is 43.6 Å². The smallest absolute Gasteiger partial charge is 0.248 e. The number of piperazine rings is 1. The molecule has 1 amide bonds. The molecular formula is C19H19Cl2FN2O2. The topological polar surface area (TPSA) is 32.8 Å². The molecule has 0 unspecified atom stereocenters. The molecule has 2 aromatic carbocycles. The lowest BCUT2D eigenvalue weighted by atomic mass is 10.2. The normalized spacial score (nSPS) is 14.6. The molecular weight excluding hydrogens is 378 g/mol. The zero-order valence-corrected chi connectivity index (χ0v) is 15.6. The van der Waals surface area contributed by atoms with Gasteiger partial charge in [0.2, 0.25) is 5.91 Å². The molecule has 1 fully saturated rings. The maximum atomic E-state index is 13.5. The van der Waals surface area contributed by atoms with Crippen LogP contribution in [-0.2, 0) is 16.1 Å². The Morgan fingerprint density at radius 3 is 2.50 bits per heavy atom. The van der Waals surface area contributed by atoms with Gasteiger partial charge in [-0.05, 0) is 24.3 Å². The van der Waals surface area contributed by atoms with E-state index in [9.17, 15) is 9.18 Å². The fourth-order valence-corrected chi connectivity index (χ4v) is 3.42. The molecule has 0 atom stereocenters. The van der Waals surface area contributed by atoms with E-state index in [-0.39, 0.29) is 24.9 Å². The second-order valence-corrected chi connectivity index (χ2v) is 6.89. The van der Waals surface area contributed by atoms with Crippen molar-refractivity contribution in [2.24, 2.45) is 0 Å². The van der Waals surface area contributed by atoms with Crippen LogP contribution < -0.4 is 4.90 Å². The lowest BCUT2D eigenvalue weighted by molar-refractivity contribution is -0.136. The molecule has 0 aliphatic carbocycles. The summed E-state index contributed by atoms with van der Waals surface area (Å²) in [7, 11) is 0. The molecule has 7 heteroatoms. The van der Waals surface area contributed by atoms with E-state index in [2.05, 4.69) is 4.90 Å². The molecule has 0 N–H and O–H groups in total. The van der Waals surface area contributed by atoms with Crippen LogP contribution in [0.4, 0.5) is 10.1 Å². The molecule has 0 saturated carbocycles. The molecule has 138 valence electrons. The highest BCUT2D eigenvalue weighted by Gasteiger charge is 2.22. The van der Waals surface area contributed by atoms with Gasteiger partial charge in [-0.15, -0.1) is 0 Å². The zero-order valence-electron chi connectivity index (χ0n) is 14.1. The highest BCUT2D eigenvalue weighted by atomic mass is 35.5. The average molecular weight is 397 g/mol. The number of carbonyl (C=O) groups is 1. The molecule has 1 aliphatic rings. The van der Waals surface area contributed by atoms with E-state index in [1.54, 1.807) is 35.2 Å². The highest BCUT2D eigenvalue weighted by Crippen LogP contribution is 2.29. The largest absolute Gasteiger partial charge is 0.367 e. The van der Waals surface area contributed by atoms with Gasteiger partial charge in [-0.2, -0.15) is 0 Å². The summed E-state index contributed by atoms with van der Waals surface area (Å²) in [6.07, 6.45) is 0. The van der Waals surface area contributed by atoms with Crippen LogP contribution >= 0.6 is 23.2 Å². The van der Waals surface area contributed by atoms with E-state index >= 15 is 0 Å². The summed E-state index contributed by atoms with van der Waals surface area (Å²) in [6.45, 7) is 2.55. The van der Waals surface area contributed by atoms with Gasteiger partial charge >= 0.3 is 0 Å². The summed E-state index contributed by atoms with van der Waals surface area (Å²) in [5.41, 5.74) is 1.36. The van der Waals surface area contributed by atoms with Crippen LogP contribution in [0.3, 0.4) is 0 Å². The summed E-state index contributed by atoms with van der Waals surface area (Å²) in [6, 6.07) is 11.8. The van der Waals surface area contributed by atoms with Gasteiger partial charge in [0.15, 0.2) is 0 Å². The average Bonchev–Trinajstić information content (AvgIpc) is 2.63. The Kier molecular flexibility index (Phi) is 6.35. The number of hydrogen-bond donors (Lipinski definition) is 0. The van der Waals surface area contributed by atoms with Crippen molar-refractivity contribution in [2.45, 2.75) is 6.61 Å². The van der Waals surface area contributed by atoms with Crippen molar-refractivity contribution >= 4 is 34.8 Å². The Morgan fingerprint density at radius 1 is 1.08 bits per heavy atom. The van der Waals surface area contributed by atoms with Crippen molar-refractivity contribution < 1.29 is 13.9 Å². The number of hydrogen-bond acceptors (Lipinski definition) is 3. The molecule has 0 aromatic heterocycles. The van der Waals surface area contributed by atoms with Crippen LogP contribution in [0.25, 0.3) is 0 Å². The van der Waals surface area contributed by atoms with Gasteiger partial charge in [0.25, 0.3) is 0 Å². The Bertz CT molecular complexity index is 780. The van der Waals surface area contributed by atoms with Crippen LogP contribution in [0.5, 0.6) is 0 Å². The van der Waals surface area contributed by atoms with Crippen molar-refractivity contribution in [1.29, 1.82) is 0 Å². The molecule has 0 spiro atoms. The van der Waals surface area contributed by atoms with Gasteiger partial charge < -0.3 is 14.5 Å². The van der Waals surface area contributed by atoms with Gasteiger partial charge in [-0.3, -0.25) is 4.79 Å².